The van der Waals surface area contributed by atoms with Crippen LogP contribution in [0.1, 0.15) is 76.0 Å². The second-order valence-corrected chi connectivity index (χ2v) is 7.63. The van der Waals surface area contributed by atoms with Crippen molar-refractivity contribution in [3.05, 3.63) is 40.5 Å². The number of benzene rings is 1. The molecule has 0 saturated heterocycles. The lowest BCUT2D eigenvalue weighted by Crippen LogP contribution is -2.37. The van der Waals surface area contributed by atoms with Gasteiger partial charge in [-0.2, -0.15) is 0 Å². The van der Waals surface area contributed by atoms with Gasteiger partial charge in [-0.3, -0.25) is 0 Å². The highest BCUT2D eigenvalue weighted by Gasteiger charge is 2.60. The predicted molar refractivity (Wildman–Crippen MR) is 97.5 cm³/mol. The molecule has 1 heteroatoms. The van der Waals surface area contributed by atoms with E-state index in [0.29, 0.717) is 11.8 Å². The summed E-state index contributed by atoms with van der Waals surface area (Å²) in [5, 5.41) is 0. The third kappa shape index (κ3) is 2.31. The molecule has 0 radical (unpaired) electrons. The molecule has 124 valence electrons. The monoisotopic (exact) mass is 310 g/mol. The van der Waals surface area contributed by atoms with E-state index in [-0.39, 0.29) is 5.41 Å². The second-order valence-electron chi connectivity index (χ2n) is 7.63. The average molecular weight is 310 g/mol. The van der Waals surface area contributed by atoms with Crippen LogP contribution in [0.2, 0.25) is 0 Å². The first-order chi connectivity index (χ1) is 11.0. The fraction of sp³-hybridized carbons (Fsp3) is 0.591. The number of carbonyl (C=O) groups is 1. The molecule has 23 heavy (non-hydrogen) atoms. The molecule has 1 atom stereocenters. The lowest BCUT2D eigenvalue weighted by Gasteiger charge is -2.46. The Morgan fingerprint density at radius 3 is 2.43 bits per heavy atom. The minimum absolute atomic E-state index is 0.108. The van der Waals surface area contributed by atoms with Gasteiger partial charge in [0, 0.05) is 11.8 Å². The van der Waals surface area contributed by atoms with Crippen molar-refractivity contribution in [2.75, 3.05) is 0 Å². The first kappa shape index (κ1) is 16.5. The van der Waals surface area contributed by atoms with Crippen molar-refractivity contribution in [1.29, 1.82) is 0 Å². The Hall–Kier alpha value is -1.37. The Kier molecular flexibility index (Phi) is 4.25. The summed E-state index contributed by atoms with van der Waals surface area (Å²) in [6.45, 7) is 9.10. The van der Waals surface area contributed by atoms with Crippen molar-refractivity contribution in [2.24, 2.45) is 10.8 Å². The quantitative estimate of drug-likeness (QED) is 0.620. The van der Waals surface area contributed by atoms with Crippen LogP contribution in [0.5, 0.6) is 0 Å². The molecule has 1 fully saturated rings. The van der Waals surface area contributed by atoms with Crippen LogP contribution in [0, 0.1) is 17.8 Å². The van der Waals surface area contributed by atoms with Gasteiger partial charge in [-0.15, -0.1) is 0 Å². The maximum Gasteiger partial charge on any atom is 0.120 e. The standard InChI is InChI=1S/C22H30O/c1-5-18-8-7-9-19(16(18)3)20-10-11-21(12-13-21)22(6-2,14-15-23)17(20)4/h7-9,15H,5-6,10-14H2,1-4H3/t22-/m1/s1. The van der Waals surface area contributed by atoms with E-state index >= 15 is 0 Å². The molecular formula is C22H30O. The van der Waals surface area contributed by atoms with E-state index < -0.39 is 0 Å². The maximum absolute atomic E-state index is 11.5. The highest BCUT2D eigenvalue weighted by molar-refractivity contribution is 5.75. The molecule has 1 nitrogen and oxygen atoms in total. The summed E-state index contributed by atoms with van der Waals surface area (Å²) in [5.41, 5.74) is 7.88. The molecule has 2 aliphatic rings. The van der Waals surface area contributed by atoms with Gasteiger partial charge in [0.1, 0.15) is 6.29 Å². The zero-order chi connectivity index (χ0) is 16.7. The van der Waals surface area contributed by atoms with Crippen LogP contribution in [0.15, 0.2) is 23.8 Å². The van der Waals surface area contributed by atoms with Gasteiger partial charge in [0.2, 0.25) is 0 Å². The number of hydrogen-bond acceptors (Lipinski definition) is 1. The number of aldehydes is 1. The molecule has 1 aromatic rings. The SMILES string of the molecule is CCc1cccc(C2=C(C)[C@@](CC)(CC=O)C3(CC2)CC3)c1C. The van der Waals surface area contributed by atoms with Crippen molar-refractivity contribution in [3.63, 3.8) is 0 Å². The molecule has 3 rings (SSSR count). The third-order valence-corrected chi connectivity index (χ3v) is 7.08. The Bertz CT molecular complexity index is 648. The van der Waals surface area contributed by atoms with Gasteiger partial charge in [0.15, 0.2) is 0 Å². The van der Waals surface area contributed by atoms with Gasteiger partial charge in [-0.05, 0) is 80.1 Å². The van der Waals surface area contributed by atoms with Crippen LogP contribution >= 0.6 is 0 Å². The highest BCUT2D eigenvalue weighted by Crippen LogP contribution is 2.70. The van der Waals surface area contributed by atoms with Crippen molar-refractivity contribution >= 4 is 11.9 Å². The lowest BCUT2D eigenvalue weighted by molar-refractivity contribution is -0.110. The largest absolute Gasteiger partial charge is 0.303 e. The third-order valence-electron chi connectivity index (χ3n) is 7.08. The molecule has 1 spiro atoms. The lowest BCUT2D eigenvalue weighted by atomic mass is 9.57. The number of carbonyl (C=O) groups excluding carboxylic acids is 1. The molecule has 1 saturated carbocycles. The molecule has 2 aliphatic carbocycles. The Labute approximate surface area is 141 Å². The van der Waals surface area contributed by atoms with Crippen molar-refractivity contribution < 1.29 is 4.79 Å². The summed E-state index contributed by atoms with van der Waals surface area (Å²) in [6.07, 6.45) is 9.12. The van der Waals surface area contributed by atoms with Crippen LogP contribution in [-0.2, 0) is 11.2 Å². The fourth-order valence-corrected chi connectivity index (χ4v) is 5.38. The summed E-state index contributed by atoms with van der Waals surface area (Å²) in [6, 6.07) is 6.74. The number of aryl methyl sites for hydroxylation is 1. The molecule has 0 unspecified atom stereocenters. The molecule has 0 N–H and O–H groups in total. The van der Waals surface area contributed by atoms with Gasteiger partial charge in [0.25, 0.3) is 0 Å². The first-order valence-corrected chi connectivity index (χ1v) is 9.28. The Morgan fingerprint density at radius 2 is 1.87 bits per heavy atom. The van der Waals surface area contributed by atoms with E-state index in [1.54, 1.807) is 0 Å². The van der Waals surface area contributed by atoms with Gasteiger partial charge in [-0.1, -0.05) is 37.6 Å². The minimum Gasteiger partial charge on any atom is -0.303 e. The first-order valence-electron chi connectivity index (χ1n) is 9.28. The van der Waals surface area contributed by atoms with Gasteiger partial charge in [0.05, 0.1) is 0 Å². The topological polar surface area (TPSA) is 17.1 Å². The van der Waals surface area contributed by atoms with E-state index in [9.17, 15) is 4.79 Å². The minimum atomic E-state index is 0.108. The van der Waals surface area contributed by atoms with E-state index in [4.69, 9.17) is 0 Å². The zero-order valence-electron chi connectivity index (χ0n) is 15.2. The Balaban J connectivity index is 2.16. The molecule has 0 bridgehead atoms. The average Bonchev–Trinajstić information content (AvgIpc) is 3.34. The molecule has 0 amide bonds. The van der Waals surface area contributed by atoms with E-state index in [1.807, 2.05) is 0 Å². The van der Waals surface area contributed by atoms with E-state index in [2.05, 4.69) is 45.9 Å². The summed E-state index contributed by atoms with van der Waals surface area (Å²) in [5.74, 6) is 0. The number of rotatable bonds is 5. The van der Waals surface area contributed by atoms with Crippen molar-refractivity contribution in [2.45, 2.75) is 72.6 Å². The fourth-order valence-electron chi connectivity index (χ4n) is 5.38. The molecule has 1 aromatic carbocycles. The smallest absolute Gasteiger partial charge is 0.120 e. The van der Waals surface area contributed by atoms with E-state index in [1.165, 1.54) is 59.8 Å². The predicted octanol–water partition coefficient (Wildman–Crippen LogP) is 5.89. The highest BCUT2D eigenvalue weighted by atomic mass is 16.1. The van der Waals surface area contributed by atoms with Gasteiger partial charge in [-0.25, -0.2) is 0 Å². The normalized spacial score (nSPS) is 25.7. The molecule has 0 aliphatic heterocycles. The van der Waals surface area contributed by atoms with Crippen LogP contribution < -0.4 is 0 Å². The van der Waals surface area contributed by atoms with Crippen LogP contribution in [0.25, 0.3) is 5.57 Å². The van der Waals surface area contributed by atoms with E-state index in [0.717, 1.165) is 12.8 Å². The molecular weight excluding hydrogens is 280 g/mol. The second kappa shape index (κ2) is 5.92. The van der Waals surface area contributed by atoms with Crippen LogP contribution in [0.3, 0.4) is 0 Å². The number of hydrogen-bond donors (Lipinski definition) is 0. The summed E-state index contributed by atoms with van der Waals surface area (Å²) in [4.78, 5) is 11.5. The molecule has 0 aromatic heterocycles. The van der Waals surface area contributed by atoms with Gasteiger partial charge >= 0.3 is 0 Å². The van der Waals surface area contributed by atoms with Crippen LogP contribution in [-0.4, -0.2) is 6.29 Å². The number of allylic oxidation sites excluding steroid dienone is 2. The van der Waals surface area contributed by atoms with Crippen LogP contribution in [0.4, 0.5) is 0 Å². The summed E-state index contributed by atoms with van der Waals surface area (Å²) in [7, 11) is 0. The summed E-state index contributed by atoms with van der Waals surface area (Å²) >= 11 is 0. The Morgan fingerprint density at radius 1 is 1.13 bits per heavy atom. The molecule has 0 heterocycles. The van der Waals surface area contributed by atoms with Crippen molar-refractivity contribution in [1.82, 2.24) is 0 Å². The van der Waals surface area contributed by atoms with Crippen molar-refractivity contribution in [3.8, 4) is 0 Å². The maximum atomic E-state index is 11.5. The zero-order valence-corrected chi connectivity index (χ0v) is 15.2. The van der Waals surface area contributed by atoms with Gasteiger partial charge < -0.3 is 4.79 Å². The summed E-state index contributed by atoms with van der Waals surface area (Å²) < 4.78 is 0.